The second-order valence-corrected chi connectivity index (χ2v) is 10.1. The lowest BCUT2D eigenvalue weighted by atomic mass is 10.1. The molecule has 0 saturated carbocycles. The first kappa shape index (κ1) is 20.4. The largest absolute Gasteiger partial charge is 0.416 e. The van der Waals surface area contributed by atoms with Crippen molar-refractivity contribution in [3.05, 3.63) is 67.8 Å². The van der Waals surface area contributed by atoms with E-state index in [4.69, 9.17) is 4.74 Å². The second-order valence-electron chi connectivity index (χ2n) is 8.11. The van der Waals surface area contributed by atoms with Gasteiger partial charge in [-0.25, -0.2) is 14.0 Å². The summed E-state index contributed by atoms with van der Waals surface area (Å²) in [6, 6.07) is 7.67. The van der Waals surface area contributed by atoms with Crippen LogP contribution in [-0.4, -0.2) is 44.8 Å². The van der Waals surface area contributed by atoms with E-state index in [1.165, 1.54) is 28.0 Å². The summed E-state index contributed by atoms with van der Waals surface area (Å²) in [6.45, 7) is 2.05. The Balaban J connectivity index is 1.29. The predicted molar refractivity (Wildman–Crippen MR) is 123 cm³/mol. The van der Waals surface area contributed by atoms with Gasteiger partial charge in [0.25, 0.3) is 5.88 Å². The molecule has 2 amide bonds. The SMILES string of the molecule is O=C(Oc1nn(C(=O)N2CCc3sccc3C2)c2cc(F)ccc12)N1CCc2sccc2C1. The molecule has 0 radical (unpaired) electrons. The van der Waals surface area contributed by atoms with Crippen molar-refractivity contribution < 1.29 is 18.7 Å². The molecular weight excluding hydrogens is 463 g/mol. The summed E-state index contributed by atoms with van der Waals surface area (Å²) in [5, 5.41) is 8.77. The van der Waals surface area contributed by atoms with Crippen molar-refractivity contribution in [1.82, 2.24) is 19.6 Å². The summed E-state index contributed by atoms with van der Waals surface area (Å²) < 4.78 is 20.8. The van der Waals surface area contributed by atoms with Crippen LogP contribution in [-0.2, 0) is 25.9 Å². The third kappa shape index (κ3) is 3.59. The quantitative estimate of drug-likeness (QED) is 0.388. The van der Waals surface area contributed by atoms with E-state index in [1.54, 1.807) is 32.5 Å². The number of fused-ring (bicyclic) bond motifs is 3. The normalized spacial score (nSPS) is 15.4. The number of halogens is 1. The molecule has 33 heavy (non-hydrogen) atoms. The molecule has 3 aromatic heterocycles. The number of ether oxygens (including phenoxy) is 1. The smallest absolute Gasteiger partial charge is 0.389 e. The molecule has 2 aliphatic heterocycles. The van der Waals surface area contributed by atoms with Gasteiger partial charge in [-0.1, -0.05) is 0 Å². The van der Waals surface area contributed by atoms with E-state index in [0.29, 0.717) is 31.6 Å². The molecule has 7 nitrogen and oxygen atoms in total. The van der Waals surface area contributed by atoms with Crippen molar-refractivity contribution >= 4 is 45.7 Å². The number of nitrogens with zero attached hydrogens (tertiary/aromatic N) is 4. The number of hydrogen-bond donors (Lipinski definition) is 0. The van der Waals surface area contributed by atoms with Crippen LogP contribution in [0.15, 0.2) is 41.1 Å². The fraction of sp³-hybridized carbons (Fsp3) is 0.261. The van der Waals surface area contributed by atoms with Gasteiger partial charge in [0.2, 0.25) is 0 Å². The molecule has 0 N–H and O–H groups in total. The third-order valence-corrected chi connectivity index (χ3v) is 8.16. The van der Waals surface area contributed by atoms with Crippen molar-refractivity contribution in [1.29, 1.82) is 0 Å². The maximum atomic E-state index is 14.1. The zero-order valence-corrected chi connectivity index (χ0v) is 19.1. The molecule has 5 heterocycles. The summed E-state index contributed by atoms with van der Waals surface area (Å²) in [4.78, 5) is 32.1. The van der Waals surface area contributed by atoms with E-state index in [1.807, 2.05) is 22.9 Å². The van der Waals surface area contributed by atoms with Crippen LogP contribution in [0.1, 0.15) is 20.9 Å². The van der Waals surface area contributed by atoms with Crippen molar-refractivity contribution in [3.63, 3.8) is 0 Å². The van der Waals surface area contributed by atoms with Crippen molar-refractivity contribution in [2.24, 2.45) is 0 Å². The first-order chi connectivity index (χ1) is 16.1. The molecule has 0 aliphatic carbocycles. The molecule has 0 unspecified atom stereocenters. The molecule has 0 atom stereocenters. The van der Waals surface area contributed by atoms with Crippen LogP contribution >= 0.6 is 22.7 Å². The van der Waals surface area contributed by atoms with Gasteiger partial charge in [-0.3, -0.25) is 0 Å². The van der Waals surface area contributed by atoms with E-state index in [9.17, 15) is 14.0 Å². The van der Waals surface area contributed by atoms with Crippen LogP contribution in [0.5, 0.6) is 5.88 Å². The maximum Gasteiger partial charge on any atom is 0.416 e. The fourth-order valence-electron chi connectivity index (χ4n) is 4.38. The maximum absolute atomic E-state index is 14.1. The summed E-state index contributed by atoms with van der Waals surface area (Å²) >= 11 is 3.38. The number of thiophene rings is 2. The van der Waals surface area contributed by atoms with E-state index < -0.39 is 11.9 Å². The Morgan fingerprint density at radius 3 is 2.33 bits per heavy atom. The average Bonchev–Trinajstić information content (AvgIpc) is 3.56. The van der Waals surface area contributed by atoms with Crippen LogP contribution in [0.3, 0.4) is 0 Å². The van der Waals surface area contributed by atoms with Crippen LogP contribution in [0.2, 0.25) is 0 Å². The first-order valence-electron chi connectivity index (χ1n) is 10.6. The Bertz CT molecular complexity index is 1390. The van der Waals surface area contributed by atoms with E-state index in [0.717, 1.165) is 28.7 Å². The number of rotatable bonds is 1. The number of benzene rings is 1. The highest BCUT2D eigenvalue weighted by molar-refractivity contribution is 7.10. The van der Waals surface area contributed by atoms with Crippen LogP contribution in [0, 0.1) is 5.82 Å². The number of aromatic nitrogens is 2. The molecule has 6 rings (SSSR count). The minimum absolute atomic E-state index is 0.00713. The van der Waals surface area contributed by atoms with Crippen LogP contribution in [0.25, 0.3) is 10.9 Å². The third-order valence-electron chi connectivity index (χ3n) is 6.12. The Labute approximate surface area is 196 Å². The lowest BCUT2D eigenvalue weighted by Gasteiger charge is -2.26. The number of amides is 2. The Morgan fingerprint density at radius 2 is 1.61 bits per heavy atom. The average molecular weight is 483 g/mol. The summed E-state index contributed by atoms with van der Waals surface area (Å²) in [7, 11) is 0. The standard InChI is InChI=1S/C23H19FN4O3S2/c24-16-1-2-17-18(11-16)28(22(29)26-7-3-19-14(12-26)5-9-32-19)25-21(17)31-23(30)27-8-4-20-15(13-27)6-10-33-20/h1-2,5-6,9-11H,3-4,7-8,12-13H2. The number of hydrogen-bond acceptors (Lipinski definition) is 6. The highest BCUT2D eigenvalue weighted by Crippen LogP contribution is 2.30. The zero-order chi connectivity index (χ0) is 22.5. The second kappa shape index (κ2) is 7.96. The van der Waals surface area contributed by atoms with Gasteiger partial charge in [-0.2, -0.15) is 4.68 Å². The lowest BCUT2D eigenvalue weighted by molar-refractivity contribution is 0.145. The van der Waals surface area contributed by atoms with Gasteiger partial charge < -0.3 is 14.5 Å². The van der Waals surface area contributed by atoms with E-state index in [2.05, 4.69) is 5.10 Å². The van der Waals surface area contributed by atoms with Crippen molar-refractivity contribution in [2.45, 2.75) is 25.9 Å². The highest BCUT2D eigenvalue weighted by Gasteiger charge is 2.28. The lowest BCUT2D eigenvalue weighted by Crippen LogP contribution is -2.39. The Hall–Kier alpha value is -3.24. The van der Waals surface area contributed by atoms with Gasteiger partial charge in [0, 0.05) is 35.5 Å². The zero-order valence-electron chi connectivity index (χ0n) is 17.5. The molecule has 168 valence electrons. The van der Waals surface area contributed by atoms with Gasteiger partial charge >= 0.3 is 12.1 Å². The minimum atomic E-state index is -0.531. The molecule has 0 fully saturated rings. The van der Waals surface area contributed by atoms with Crippen LogP contribution in [0.4, 0.5) is 14.0 Å². The number of carbonyl (C=O) groups excluding carboxylic acids is 2. The van der Waals surface area contributed by atoms with E-state index >= 15 is 0 Å². The van der Waals surface area contributed by atoms with Gasteiger partial charge in [0.15, 0.2) is 0 Å². The molecule has 0 bridgehead atoms. The fourth-order valence-corrected chi connectivity index (χ4v) is 6.16. The summed E-state index contributed by atoms with van der Waals surface area (Å²) in [5.41, 5.74) is 2.51. The van der Waals surface area contributed by atoms with Gasteiger partial charge in [-0.15, -0.1) is 27.8 Å². The van der Waals surface area contributed by atoms with Gasteiger partial charge in [0.1, 0.15) is 5.82 Å². The van der Waals surface area contributed by atoms with Crippen molar-refractivity contribution in [3.8, 4) is 5.88 Å². The Morgan fingerprint density at radius 1 is 0.939 bits per heavy atom. The van der Waals surface area contributed by atoms with Gasteiger partial charge in [0.05, 0.1) is 17.4 Å². The molecule has 2 aliphatic rings. The van der Waals surface area contributed by atoms with Crippen LogP contribution < -0.4 is 4.74 Å². The molecule has 10 heteroatoms. The highest BCUT2D eigenvalue weighted by atomic mass is 32.1. The summed E-state index contributed by atoms with van der Waals surface area (Å²) in [6.07, 6.45) is 1.02. The van der Waals surface area contributed by atoms with E-state index in [-0.39, 0.29) is 17.4 Å². The molecule has 1 aromatic carbocycles. The molecular formula is C23H19FN4O3S2. The number of carbonyl (C=O) groups is 2. The molecule has 0 spiro atoms. The predicted octanol–water partition coefficient (Wildman–Crippen LogP) is 4.88. The first-order valence-corrected chi connectivity index (χ1v) is 12.4. The van der Waals surface area contributed by atoms with Gasteiger partial charge in [-0.05, 0) is 59.0 Å². The molecule has 4 aromatic rings. The Kier molecular flexibility index (Phi) is 4.92. The molecule has 0 saturated heterocycles. The topological polar surface area (TPSA) is 67.7 Å². The van der Waals surface area contributed by atoms with Crippen molar-refractivity contribution in [2.75, 3.05) is 13.1 Å². The monoisotopic (exact) mass is 482 g/mol. The minimum Gasteiger partial charge on any atom is -0.389 e. The summed E-state index contributed by atoms with van der Waals surface area (Å²) in [5.74, 6) is -0.484.